The van der Waals surface area contributed by atoms with Crippen molar-refractivity contribution in [1.82, 2.24) is 15.1 Å². The molecular formula is C17H26FIN4O2. The summed E-state index contributed by atoms with van der Waals surface area (Å²) in [6.45, 7) is 8.09. The lowest BCUT2D eigenvalue weighted by atomic mass is 10.2. The number of carbonyl (C=O) groups excluding carboxylic acids is 1. The molecule has 1 aliphatic heterocycles. The molecule has 1 N–H and O–H groups in total. The predicted octanol–water partition coefficient (Wildman–Crippen LogP) is 2.68. The minimum absolute atomic E-state index is 0. The molecule has 0 spiro atoms. The molecule has 1 aliphatic rings. The van der Waals surface area contributed by atoms with Crippen molar-refractivity contribution in [3.8, 4) is 0 Å². The van der Waals surface area contributed by atoms with Crippen molar-refractivity contribution in [3.63, 3.8) is 0 Å². The monoisotopic (exact) mass is 464 g/mol. The molecule has 0 unspecified atom stereocenters. The minimum Gasteiger partial charge on any atom is -0.450 e. The van der Waals surface area contributed by atoms with Crippen molar-refractivity contribution >= 4 is 36.0 Å². The van der Waals surface area contributed by atoms with E-state index in [2.05, 4.69) is 15.2 Å². The summed E-state index contributed by atoms with van der Waals surface area (Å²) in [5.41, 5.74) is 0.956. The largest absolute Gasteiger partial charge is 0.450 e. The Morgan fingerprint density at radius 2 is 1.76 bits per heavy atom. The molecule has 1 saturated heterocycles. The number of halogens is 2. The van der Waals surface area contributed by atoms with Crippen molar-refractivity contribution in [3.05, 3.63) is 35.6 Å². The third kappa shape index (κ3) is 6.68. The Hall–Kier alpha value is -1.58. The fraction of sp³-hybridized carbons (Fsp3) is 0.529. The highest BCUT2D eigenvalue weighted by molar-refractivity contribution is 14.0. The zero-order valence-corrected chi connectivity index (χ0v) is 17.0. The van der Waals surface area contributed by atoms with Crippen LogP contribution in [-0.2, 0) is 11.3 Å². The number of hydrogen-bond acceptors (Lipinski definition) is 3. The molecule has 1 heterocycles. The van der Waals surface area contributed by atoms with Crippen LogP contribution >= 0.6 is 24.0 Å². The molecule has 1 fully saturated rings. The van der Waals surface area contributed by atoms with Crippen LogP contribution in [0.4, 0.5) is 9.18 Å². The van der Waals surface area contributed by atoms with Gasteiger partial charge in [0.05, 0.1) is 13.2 Å². The van der Waals surface area contributed by atoms with Gasteiger partial charge < -0.3 is 19.9 Å². The smallest absolute Gasteiger partial charge is 0.409 e. The second kappa shape index (κ2) is 11.1. The van der Waals surface area contributed by atoms with Crippen molar-refractivity contribution < 1.29 is 13.9 Å². The number of amides is 1. The maximum absolute atomic E-state index is 13.0. The zero-order chi connectivity index (χ0) is 17.4. The molecule has 0 radical (unpaired) electrons. The maximum atomic E-state index is 13.0. The van der Waals surface area contributed by atoms with Gasteiger partial charge >= 0.3 is 6.09 Å². The third-order valence-electron chi connectivity index (χ3n) is 3.76. The van der Waals surface area contributed by atoms with Gasteiger partial charge in [-0.05, 0) is 31.5 Å². The van der Waals surface area contributed by atoms with Gasteiger partial charge in [0.25, 0.3) is 0 Å². The lowest BCUT2D eigenvalue weighted by Crippen LogP contribution is -2.53. The van der Waals surface area contributed by atoms with E-state index in [1.807, 2.05) is 6.92 Å². The van der Waals surface area contributed by atoms with E-state index in [4.69, 9.17) is 4.74 Å². The summed E-state index contributed by atoms with van der Waals surface area (Å²) < 4.78 is 18.0. The fourth-order valence-corrected chi connectivity index (χ4v) is 2.50. The van der Waals surface area contributed by atoms with Crippen LogP contribution in [0, 0.1) is 5.82 Å². The number of nitrogens with one attached hydrogen (secondary N) is 1. The van der Waals surface area contributed by atoms with Crippen molar-refractivity contribution in [1.29, 1.82) is 0 Å². The zero-order valence-electron chi connectivity index (χ0n) is 14.7. The van der Waals surface area contributed by atoms with Gasteiger partial charge in [-0.25, -0.2) is 14.2 Å². The van der Waals surface area contributed by atoms with Gasteiger partial charge in [-0.1, -0.05) is 12.1 Å². The number of carbonyl (C=O) groups is 1. The van der Waals surface area contributed by atoms with Crippen LogP contribution in [0.25, 0.3) is 0 Å². The summed E-state index contributed by atoms with van der Waals surface area (Å²) in [4.78, 5) is 20.2. The Labute approximate surface area is 165 Å². The quantitative estimate of drug-likeness (QED) is 0.423. The molecule has 1 aromatic rings. The van der Waals surface area contributed by atoms with Crippen molar-refractivity contribution in [2.24, 2.45) is 4.99 Å². The normalized spacial score (nSPS) is 14.8. The summed E-state index contributed by atoms with van der Waals surface area (Å²) >= 11 is 0. The summed E-state index contributed by atoms with van der Waals surface area (Å²) in [5, 5.41) is 3.27. The van der Waals surface area contributed by atoms with Crippen LogP contribution in [0.3, 0.4) is 0 Å². The molecule has 0 saturated carbocycles. The van der Waals surface area contributed by atoms with Crippen LogP contribution in [0.15, 0.2) is 29.3 Å². The first-order valence-corrected chi connectivity index (χ1v) is 8.33. The fourth-order valence-electron chi connectivity index (χ4n) is 2.50. The van der Waals surface area contributed by atoms with E-state index in [-0.39, 0.29) is 35.9 Å². The molecule has 8 heteroatoms. The van der Waals surface area contributed by atoms with Crippen LogP contribution in [0.1, 0.15) is 19.4 Å². The number of guanidine groups is 1. The Kier molecular flexibility index (Phi) is 9.54. The molecule has 1 amide bonds. The lowest BCUT2D eigenvalue weighted by Gasteiger charge is -2.35. The Morgan fingerprint density at radius 1 is 1.16 bits per heavy atom. The molecule has 0 atom stereocenters. The SMILES string of the molecule is CCNC(=NCc1ccc(F)cc1)N1CCN(C(=O)OCC)CC1.I. The molecule has 0 bridgehead atoms. The first-order valence-electron chi connectivity index (χ1n) is 8.33. The van der Waals surface area contributed by atoms with E-state index in [9.17, 15) is 9.18 Å². The van der Waals surface area contributed by atoms with Crippen LogP contribution in [0.5, 0.6) is 0 Å². The van der Waals surface area contributed by atoms with Crippen molar-refractivity contribution in [2.45, 2.75) is 20.4 Å². The van der Waals surface area contributed by atoms with Gasteiger partial charge in [0, 0.05) is 32.7 Å². The number of hydrogen-bond donors (Lipinski definition) is 1. The molecule has 140 valence electrons. The van der Waals surface area contributed by atoms with Crippen LogP contribution in [-0.4, -0.2) is 61.2 Å². The Balaban J connectivity index is 0.00000312. The topological polar surface area (TPSA) is 57.2 Å². The summed E-state index contributed by atoms with van der Waals surface area (Å²) in [6.07, 6.45) is -0.259. The van der Waals surface area contributed by atoms with Gasteiger partial charge in [0.15, 0.2) is 5.96 Å². The van der Waals surface area contributed by atoms with E-state index >= 15 is 0 Å². The summed E-state index contributed by atoms with van der Waals surface area (Å²) in [7, 11) is 0. The predicted molar refractivity (Wildman–Crippen MR) is 107 cm³/mol. The van der Waals surface area contributed by atoms with Gasteiger partial charge in [0.1, 0.15) is 5.82 Å². The van der Waals surface area contributed by atoms with Gasteiger partial charge in [-0.3, -0.25) is 0 Å². The summed E-state index contributed by atoms with van der Waals surface area (Å²) in [5.74, 6) is 0.565. The molecule has 25 heavy (non-hydrogen) atoms. The number of nitrogens with zero attached hydrogens (tertiary/aromatic N) is 3. The molecule has 0 aliphatic carbocycles. The third-order valence-corrected chi connectivity index (χ3v) is 3.76. The number of aliphatic imine (C=N–C) groups is 1. The number of ether oxygens (including phenoxy) is 1. The number of piperazine rings is 1. The van der Waals surface area contributed by atoms with E-state index < -0.39 is 0 Å². The number of rotatable bonds is 4. The number of benzene rings is 1. The first kappa shape index (κ1) is 21.5. The molecule has 6 nitrogen and oxygen atoms in total. The maximum Gasteiger partial charge on any atom is 0.409 e. The Morgan fingerprint density at radius 3 is 2.32 bits per heavy atom. The average Bonchev–Trinajstić information content (AvgIpc) is 2.60. The molecule has 2 rings (SSSR count). The molecule has 1 aromatic carbocycles. The van der Waals surface area contributed by atoms with E-state index in [1.54, 1.807) is 24.0 Å². The highest BCUT2D eigenvalue weighted by atomic mass is 127. The van der Waals surface area contributed by atoms with E-state index in [0.29, 0.717) is 39.3 Å². The Bertz CT molecular complexity index is 560. The molecular weight excluding hydrogens is 438 g/mol. The van der Waals surface area contributed by atoms with E-state index in [1.165, 1.54) is 12.1 Å². The second-order valence-electron chi connectivity index (χ2n) is 5.47. The molecule has 0 aromatic heterocycles. The van der Waals surface area contributed by atoms with E-state index in [0.717, 1.165) is 18.1 Å². The van der Waals surface area contributed by atoms with Gasteiger partial charge in [0.2, 0.25) is 0 Å². The second-order valence-corrected chi connectivity index (χ2v) is 5.47. The standard InChI is InChI=1S/C17H25FN4O2.HI/c1-3-19-16(20-13-14-5-7-15(18)8-6-14)21-9-11-22(12-10-21)17(23)24-4-2;/h5-8H,3-4,9-13H2,1-2H3,(H,19,20);1H. The average molecular weight is 464 g/mol. The highest BCUT2D eigenvalue weighted by Crippen LogP contribution is 2.07. The summed E-state index contributed by atoms with van der Waals surface area (Å²) in [6, 6.07) is 6.36. The minimum atomic E-state index is -0.259. The van der Waals surface area contributed by atoms with Crippen LogP contribution in [0.2, 0.25) is 0 Å². The van der Waals surface area contributed by atoms with Crippen LogP contribution < -0.4 is 5.32 Å². The van der Waals surface area contributed by atoms with Gasteiger partial charge in [-0.15, -0.1) is 24.0 Å². The van der Waals surface area contributed by atoms with Crippen molar-refractivity contribution in [2.75, 3.05) is 39.3 Å². The highest BCUT2D eigenvalue weighted by Gasteiger charge is 2.23. The lowest BCUT2D eigenvalue weighted by molar-refractivity contribution is 0.0914. The first-order chi connectivity index (χ1) is 11.6. The van der Waals surface area contributed by atoms with Gasteiger partial charge in [-0.2, -0.15) is 0 Å².